The highest BCUT2D eigenvalue weighted by Gasteiger charge is 2.35. The molecule has 1 saturated heterocycles. The standard InChI is InChI=1S/C14H16ClNO4S/c15-13-9-11(3-2-8-17)5-6-14(13)21(19,20)16-7-1-4-12(16)10-18/h5-6,9,12,17-18H,1,4,7-8,10H2. The molecule has 0 amide bonds. The van der Waals surface area contributed by atoms with Gasteiger partial charge in [-0.2, -0.15) is 4.31 Å². The van der Waals surface area contributed by atoms with Gasteiger partial charge in [-0.25, -0.2) is 8.42 Å². The molecule has 1 aliphatic heterocycles. The number of halogens is 1. The van der Waals surface area contributed by atoms with Gasteiger partial charge in [-0.1, -0.05) is 23.4 Å². The lowest BCUT2D eigenvalue weighted by Crippen LogP contribution is -2.37. The highest BCUT2D eigenvalue weighted by molar-refractivity contribution is 7.89. The molecule has 1 aliphatic rings. The first-order chi connectivity index (χ1) is 10.0. The normalized spacial score (nSPS) is 19.3. The Morgan fingerprint density at radius 1 is 1.38 bits per heavy atom. The average Bonchev–Trinajstić information content (AvgIpc) is 2.94. The number of hydrogen-bond donors (Lipinski definition) is 2. The molecular weight excluding hydrogens is 314 g/mol. The Morgan fingerprint density at radius 2 is 2.14 bits per heavy atom. The predicted octanol–water partition coefficient (Wildman–Crippen LogP) is 0.829. The van der Waals surface area contributed by atoms with Crippen LogP contribution in [-0.2, 0) is 10.0 Å². The summed E-state index contributed by atoms with van der Waals surface area (Å²) in [7, 11) is -3.72. The van der Waals surface area contributed by atoms with E-state index in [1.165, 1.54) is 16.4 Å². The summed E-state index contributed by atoms with van der Waals surface area (Å²) in [5.74, 6) is 5.15. The van der Waals surface area contributed by atoms with Gasteiger partial charge in [0.2, 0.25) is 10.0 Å². The van der Waals surface area contributed by atoms with Crippen molar-refractivity contribution in [3.05, 3.63) is 28.8 Å². The molecule has 1 aromatic carbocycles. The van der Waals surface area contributed by atoms with Crippen molar-refractivity contribution in [2.45, 2.75) is 23.8 Å². The van der Waals surface area contributed by atoms with E-state index in [-0.39, 0.29) is 29.2 Å². The minimum atomic E-state index is -3.72. The van der Waals surface area contributed by atoms with E-state index in [1.807, 2.05) is 0 Å². The first-order valence-electron chi connectivity index (χ1n) is 6.52. The predicted molar refractivity (Wildman–Crippen MR) is 79.4 cm³/mol. The van der Waals surface area contributed by atoms with E-state index in [2.05, 4.69) is 11.8 Å². The first-order valence-corrected chi connectivity index (χ1v) is 8.34. The molecule has 1 unspecified atom stereocenters. The van der Waals surface area contributed by atoms with E-state index in [9.17, 15) is 13.5 Å². The van der Waals surface area contributed by atoms with Gasteiger partial charge in [0.15, 0.2) is 0 Å². The molecule has 1 aromatic rings. The molecule has 114 valence electrons. The topological polar surface area (TPSA) is 77.8 Å². The lowest BCUT2D eigenvalue weighted by atomic mass is 10.2. The van der Waals surface area contributed by atoms with Gasteiger partial charge in [0.25, 0.3) is 0 Å². The Morgan fingerprint density at radius 3 is 2.76 bits per heavy atom. The van der Waals surface area contributed by atoms with Crippen molar-refractivity contribution in [1.29, 1.82) is 0 Å². The molecule has 1 heterocycles. The van der Waals surface area contributed by atoms with Crippen molar-refractivity contribution >= 4 is 21.6 Å². The minimum absolute atomic E-state index is 0.0130. The molecule has 2 N–H and O–H groups in total. The Hall–Kier alpha value is -1.10. The van der Waals surface area contributed by atoms with E-state index >= 15 is 0 Å². The maximum atomic E-state index is 12.6. The van der Waals surface area contributed by atoms with Crippen LogP contribution in [0.15, 0.2) is 23.1 Å². The number of sulfonamides is 1. The van der Waals surface area contributed by atoms with Crippen molar-refractivity contribution in [3.8, 4) is 11.8 Å². The molecule has 0 bridgehead atoms. The minimum Gasteiger partial charge on any atom is -0.395 e. The fourth-order valence-electron chi connectivity index (χ4n) is 2.36. The molecule has 0 radical (unpaired) electrons. The van der Waals surface area contributed by atoms with Crippen LogP contribution in [0.2, 0.25) is 5.02 Å². The molecule has 5 nitrogen and oxygen atoms in total. The Kier molecular flexibility index (Phi) is 5.25. The van der Waals surface area contributed by atoms with Crippen LogP contribution in [0.3, 0.4) is 0 Å². The molecule has 21 heavy (non-hydrogen) atoms. The van der Waals surface area contributed by atoms with Crippen LogP contribution >= 0.6 is 11.6 Å². The number of hydrogen-bond acceptors (Lipinski definition) is 4. The summed E-state index contributed by atoms with van der Waals surface area (Å²) in [6.07, 6.45) is 1.37. The van der Waals surface area contributed by atoms with Crippen LogP contribution in [0.1, 0.15) is 18.4 Å². The summed E-state index contributed by atoms with van der Waals surface area (Å²) < 4.78 is 26.5. The number of rotatable bonds is 3. The van der Waals surface area contributed by atoms with Gasteiger partial charge in [-0.15, -0.1) is 0 Å². The van der Waals surface area contributed by atoms with Crippen molar-refractivity contribution in [1.82, 2.24) is 4.31 Å². The maximum Gasteiger partial charge on any atom is 0.244 e. The van der Waals surface area contributed by atoms with Gasteiger partial charge in [-0.05, 0) is 31.0 Å². The second kappa shape index (κ2) is 6.77. The summed E-state index contributed by atoms with van der Waals surface area (Å²) >= 11 is 6.06. The van der Waals surface area contributed by atoms with Crippen molar-refractivity contribution in [3.63, 3.8) is 0 Å². The van der Waals surface area contributed by atoms with Crippen LogP contribution in [-0.4, -0.2) is 48.7 Å². The monoisotopic (exact) mass is 329 g/mol. The third-order valence-electron chi connectivity index (χ3n) is 3.36. The summed E-state index contributed by atoms with van der Waals surface area (Å²) in [4.78, 5) is 0.0130. The highest BCUT2D eigenvalue weighted by Crippen LogP contribution is 2.30. The molecular formula is C14H16ClNO4S. The molecule has 0 aromatic heterocycles. The van der Waals surface area contributed by atoms with Gasteiger partial charge in [0, 0.05) is 18.2 Å². The SMILES string of the molecule is O=S(=O)(c1ccc(C#CCO)cc1Cl)N1CCCC1CO. The van der Waals surface area contributed by atoms with Crippen molar-refractivity contribution in [2.24, 2.45) is 0 Å². The summed E-state index contributed by atoms with van der Waals surface area (Å²) in [5.41, 5.74) is 0.535. The summed E-state index contributed by atoms with van der Waals surface area (Å²) in [6.45, 7) is -0.0868. The number of aliphatic hydroxyl groups excluding tert-OH is 2. The number of benzene rings is 1. The van der Waals surface area contributed by atoms with Crippen LogP contribution in [0.5, 0.6) is 0 Å². The zero-order valence-electron chi connectivity index (χ0n) is 11.3. The van der Waals surface area contributed by atoms with Gasteiger partial charge in [0.05, 0.1) is 11.6 Å². The quantitative estimate of drug-likeness (QED) is 0.805. The van der Waals surface area contributed by atoms with E-state index in [1.54, 1.807) is 6.07 Å². The lowest BCUT2D eigenvalue weighted by Gasteiger charge is -2.22. The largest absolute Gasteiger partial charge is 0.395 e. The molecule has 1 atom stereocenters. The van der Waals surface area contributed by atoms with E-state index in [0.29, 0.717) is 18.5 Å². The van der Waals surface area contributed by atoms with Crippen molar-refractivity contribution in [2.75, 3.05) is 19.8 Å². The maximum absolute atomic E-state index is 12.6. The fourth-order valence-corrected chi connectivity index (χ4v) is 4.57. The second-order valence-electron chi connectivity index (χ2n) is 4.70. The van der Waals surface area contributed by atoms with Gasteiger partial charge < -0.3 is 10.2 Å². The second-order valence-corrected chi connectivity index (χ2v) is 6.97. The van der Waals surface area contributed by atoms with Crippen LogP contribution < -0.4 is 0 Å². The number of aliphatic hydroxyl groups is 2. The van der Waals surface area contributed by atoms with Crippen LogP contribution in [0, 0.1) is 11.8 Å². The number of nitrogens with zero attached hydrogens (tertiary/aromatic N) is 1. The Labute approximate surface area is 129 Å². The van der Waals surface area contributed by atoms with E-state index in [4.69, 9.17) is 16.7 Å². The molecule has 2 rings (SSSR count). The molecule has 0 spiro atoms. The molecule has 7 heteroatoms. The van der Waals surface area contributed by atoms with Crippen molar-refractivity contribution < 1.29 is 18.6 Å². The molecule has 0 aliphatic carbocycles. The van der Waals surface area contributed by atoms with E-state index in [0.717, 1.165) is 6.42 Å². The zero-order valence-corrected chi connectivity index (χ0v) is 12.9. The Bertz CT molecular complexity index is 678. The smallest absolute Gasteiger partial charge is 0.244 e. The lowest BCUT2D eigenvalue weighted by molar-refractivity contribution is 0.213. The zero-order chi connectivity index (χ0) is 15.5. The summed E-state index contributed by atoms with van der Waals surface area (Å²) in [6, 6.07) is 4.03. The van der Waals surface area contributed by atoms with E-state index < -0.39 is 10.0 Å². The van der Waals surface area contributed by atoms with Gasteiger partial charge in [0.1, 0.15) is 11.5 Å². The fraction of sp³-hybridized carbons (Fsp3) is 0.429. The van der Waals surface area contributed by atoms with Gasteiger partial charge >= 0.3 is 0 Å². The summed E-state index contributed by atoms with van der Waals surface area (Å²) in [5, 5.41) is 18.0. The third-order valence-corrected chi connectivity index (χ3v) is 5.80. The van der Waals surface area contributed by atoms with Crippen LogP contribution in [0.25, 0.3) is 0 Å². The molecule has 1 fully saturated rings. The average molecular weight is 330 g/mol. The third kappa shape index (κ3) is 3.39. The van der Waals surface area contributed by atoms with Gasteiger partial charge in [-0.3, -0.25) is 0 Å². The Balaban J connectivity index is 2.37. The van der Waals surface area contributed by atoms with Crippen LogP contribution in [0.4, 0.5) is 0 Å². The molecule has 0 saturated carbocycles. The first kappa shape index (κ1) is 16.3. The highest BCUT2D eigenvalue weighted by atomic mass is 35.5.